The second-order valence-corrected chi connectivity index (χ2v) is 11.7. The Kier molecular flexibility index (Phi) is 4.45. The molecule has 0 spiro atoms. The molecule has 1 saturated heterocycles. The molecule has 0 unspecified atom stereocenters. The number of amides is 2. The molecular weight excluding hydrogens is 472 g/mol. The van der Waals surface area contributed by atoms with E-state index in [-0.39, 0.29) is 33.8 Å². The van der Waals surface area contributed by atoms with Gasteiger partial charge in [-0.2, -0.15) is 0 Å². The van der Waals surface area contributed by atoms with E-state index in [0.29, 0.717) is 5.02 Å². The molecule has 3 fully saturated rings. The van der Waals surface area contributed by atoms with E-state index < -0.39 is 35.7 Å². The highest BCUT2D eigenvalue weighted by Crippen LogP contribution is 2.68. The Hall–Kier alpha value is -2.10. The predicted molar refractivity (Wildman–Crippen MR) is 116 cm³/mol. The number of halogens is 1. The fourth-order valence-electron chi connectivity index (χ4n) is 6.57. The lowest BCUT2D eigenvalue weighted by atomic mass is 9.68. The second kappa shape index (κ2) is 6.95. The Balaban J connectivity index is 1.45. The van der Waals surface area contributed by atoms with Gasteiger partial charge < -0.3 is 14.9 Å². The molecule has 32 heavy (non-hydrogen) atoms. The van der Waals surface area contributed by atoms with Crippen molar-refractivity contribution in [1.29, 1.82) is 0 Å². The lowest BCUT2D eigenvalue weighted by molar-refractivity contribution is -0.310. The molecule has 1 aromatic heterocycles. The Bertz CT molecular complexity index is 1220. The molecule has 8 atom stereocenters. The molecule has 1 aromatic carbocycles. The topological polar surface area (TPSA) is 110 Å². The zero-order valence-corrected chi connectivity index (χ0v) is 19.2. The Morgan fingerprint density at radius 3 is 2.47 bits per heavy atom. The standard InChI is InChI=1S/C22H19ClN2O5S2/c1-7(21(28)29)25-19(26)14-10-6-11(15(14)20(25)27)16-13(10)12(8-2-4-9(23)5-3-8)17-18(31-16)24-22(30)32-17/h2-5,7,10-16H,6H2,1H3,(H,24,30)(H,28,29)/p-1/t7-,10-,11-,12-,13-,14-,15+,16-/m0/s1. The number of imide groups is 1. The fraction of sp³-hybridized carbons (Fsp3) is 0.455. The van der Waals surface area contributed by atoms with Gasteiger partial charge in [0.2, 0.25) is 11.8 Å². The lowest BCUT2D eigenvalue weighted by Gasteiger charge is -2.43. The van der Waals surface area contributed by atoms with Crippen LogP contribution < -0.4 is 9.98 Å². The number of H-pyrrole nitrogens is 1. The third-order valence-corrected chi connectivity index (χ3v) is 10.6. The maximum Gasteiger partial charge on any atom is 0.305 e. The van der Waals surface area contributed by atoms with Gasteiger partial charge >= 0.3 is 4.87 Å². The number of carbonyl (C=O) groups is 3. The summed E-state index contributed by atoms with van der Waals surface area (Å²) >= 11 is 8.91. The number of carboxylic acids is 1. The highest BCUT2D eigenvalue weighted by Gasteiger charge is 2.69. The average Bonchev–Trinajstić information content (AvgIpc) is 3.47. The van der Waals surface area contributed by atoms with Crippen molar-refractivity contribution >= 4 is 52.5 Å². The van der Waals surface area contributed by atoms with Crippen molar-refractivity contribution in [2.45, 2.75) is 35.6 Å². The van der Waals surface area contributed by atoms with Gasteiger partial charge in [-0.3, -0.25) is 19.3 Å². The van der Waals surface area contributed by atoms with E-state index in [1.54, 1.807) is 11.8 Å². The molecule has 2 aromatic rings. The first-order chi connectivity index (χ1) is 15.3. The van der Waals surface area contributed by atoms with E-state index in [4.69, 9.17) is 11.6 Å². The third-order valence-electron chi connectivity index (χ3n) is 7.72. The van der Waals surface area contributed by atoms with Crippen LogP contribution in [0.1, 0.15) is 29.7 Å². The zero-order valence-electron chi connectivity index (χ0n) is 16.8. The summed E-state index contributed by atoms with van der Waals surface area (Å²) in [5.41, 5.74) is 1.03. The van der Waals surface area contributed by atoms with Crippen LogP contribution in [0.25, 0.3) is 0 Å². The number of benzene rings is 1. The summed E-state index contributed by atoms with van der Waals surface area (Å²) in [4.78, 5) is 54.8. The van der Waals surface area contributed by atoms with E-state index in [2.05, 4.69) is 4.98 Å². The maximum absolute atomic E-state index is 13.3. The van der Waals surface area contributed by atoms with Crippen molar-refractivity contribution in [3.05, 3.63) is 49.4 Å². The van der Waals surface area contributed by atoms with Crippen LogP contribution in [0.3, 0.4) is 0 Å². The molecule has 2 bridgehead atoms. The number of aliphatic carboxylic acids is 1. The van der Waals surface area contributed by atoms with Crippen LogP contribution in [0.5, 0.6) is 0 Å². The number of carbonyl (C=O) groups excluding carboxylic acids is 3. The van der Waals surface area contributed by atoms with Crippen LogP contribution in [0.15, 0.2) is 34.1 Å². The van der Waals surface area contributed by atoms with Gasteiger partial charge in [0.25, 0.3) is 0 Å². The van der Waals surface area contributed by atoms with Crippen molar-refractivity contribution in [3.63, 3.8) is 0 Å². The molecule has 2 amide bonds. The van der Waals surface area contributed by atoms with Gasteiger partial charge in [-0.05, 0) is 48.8 Å². The quantitative estimate of drug-likeness (QED) is 0.657. The second-order valence-electron chi connectivity index (χ2n) is 9.05. The van der Waals surface area contributed by atoms with Gasteiger partial charge in [0, 0.05) is 21.1 Å². The van der Waals surface area contributed by atoms with Crippen LogP contribution >= 0.6 is 34.7 Å². The van der Waals surface area contributed by atoms with Crippen LogP contribution in [0, 0.1) is 29.6 Å². The molecule has 166 valence electrons. The molecule has 10 heteroatoms. The maximum atomic E-state index is 13.3. The average molecular weight is 490 g/mol. The van der Waals surface area contributed by atoms with E-state index in [1.807, 2.05) is 24.3 Å². The van der Waals surface area contributed by atoms with E-state index in [1.165, 1.54) is 18.3 Å². The molecule has 0 radical (unpaired) electrons. The fourth-order valence-corrected chi connectivity index (χ4v) is 9.59. The summed E-state index contributed by atoms with van der Waals surface area (Å²) in [7, 11) is 0. The number of likely N-dealkylation sites (tertiary alicyclic amines) is 1. The molecule has 4 aliphatic rings. The van der Waals surface area contributed by atoms with Gasteiger partial charge in [-0.15, -0.1) is 11.8 Å². The highest BCUT2D eigenvalue weighted by molar-refractivity contribution is 8.00. The van der Waals surface area contributed by atoms with E-state index >= 15 is 0 Å². The molecule has 2 aliphatic heterocycles. The van der Waals surface area contributed by atoms with Gasteiger partial charge in [-0.1, -0.05) is 35.1 Å². The molecule has 2 saturated carbocycles. The van der Waals surface area contributed by atoms with Crippen LogP contribution in [-0.2, 0) is 14.4 Å². The number of aromatic nitrogens is 1. The van der Waals surface area contributed by atoms with Crippen molar-refractivity contribution in [2.24, 2.45) is 29.6 Å². The largest absolute Gasteiger partial charge is 0.548 e. The van der Waals surface area contributed by atoms with Gasteiger partial charge in [0.15, 0.2) is 0 Å². The molecular formula is C22H18ClN2O5S2-. The van der Waals surface area contributed by atoms with Crippen molar-refractivity contribution in [1.82, 2.24) is 9.88 Å². The van der Waals surface area contributed by atoms with Gasteiger partial charge in [0.05, 0.1) is 28.9 Å². The SMILES string of the molecule is C[C@@H](C(=O)[O-])N1C(=O)[C@@H]2[C@@H]3C[C@H]([C@@H]2C1=O)[C@H]1[C@H](c2ccc(Cl)cc2)c2sc(=O)[nH]c2S[C@@H]31. The molecule has 3 heterocycles. The predicted octanol–water partition coefficient (Wildman–Crippen LogP) is 1.70. The van der Waals surface area contributed by atoms with Crippen molar-refractivity contribution in [2.75, 3.05) is 0 Å². The van der Waals surface area contributed by atoms with Gasteiger partial charge in [-0.25, -0.2) is 0 Å². The van der Waals surface area contributed by atoms with Crippen LogP contribution in [0.2, 0.25) is 5.02 Å². The lowest BCUT2D eigenvalue weighted by Crippen LogP contribution is -2.49. The van der Waals surface area contributed by atoms with E-state index in [0.717, 1.165) is 26.8 Å². The number of thioether (sulfide) groups is 1. The first-order valence-corrected chi connectivity index (χ1v) is 12.6. The van der Waals surface area contributed by atoms with Crippen LogP contribution in [0.4, 0.5) is 0 Å². The smallest absolute Gasteiger partial charge is 0.305 e. The summed E-state index contributed by atoms with van der Waals surface area (Å²) in [6.45, 7) is 1.33. The van der Waals surface area contributed by atoms with Crippen molar-refractivity contribution < 1.29 is 19.5 Å². The Morgan fingerprint density at radius 1 is 1.16 bits per heavy atom. The van der Waals surface area contributed by atoms with Crippen LogP contribution in [-0.4, -0.2) is 39.0 Å². The summed E-state index contributed by atoms with van der Waals surface area (Å²) < 4.78 is 0. The molecule has 1 N–H and O–H groups in total. The number of nitrogens with zero attached hydrogens (tertiary/aromatic N) is 1. The minimum atomic E-state index is -1.43. The normalized spacial score (nSPS) is 35.6. The summed E-state index contributed by atoms with van der Waals surface area (Å²) in [5, 5.41) is 13.0. The minimum absolute atomic E-state index is 0.0400. The minimum Gasteiger partial charge on any atom is -0.548 e. The van der Waals surface area contributed by atoms with E-state index in [9.17, 15) is 24.3 Å². The molecule has 6 rings (SSSR count). The number of nitrogens with one attached hydrogen (secondary N) is 1. The third kappa shape index (κ3) is 2.61. The number of carboxylic acid groups (broad SMARTS) is 1. The molecule has 7 nitrogen and oxygen atoms in total. The number of thiazole rings is 1. The highest BCUT2D eigenvalue weighted by atomic mass is 35.5. The number of hydrogen-bond donors (Lipinski definition) is 1. The molecule has 2 aliphatic carbocycles. The first kappa shape index (κ1) is 20.5. The number of rotatable bonds is 3. The first-order valence-electron chi connectivity index (χ1n) is 10.5. The summed E-state index contributed by atoms with van der Waals surface area (Å²) in [6.07, 6.45) is 0.756. The number of hydrogen-bond acceptors (Lipinski definition) is 7. The summed E-state index contributed by atoms with van der Waals surface area (Å²) in [6, 6.07) is 6.30. The monoisotopic (exact) mass is 489 g/mol. The van der Waals surface area contributed by atoms with Crippen molar-refractivity contribution in [3.8, 4) is 0 Å². The summed E-state index contributed by atoms with van der Waals surface area (Å²) in [5.74, 6) is -3.32. The number of fused-ring (bicyclic) bond motifs is 9. The Labute approximate surface area is 196 Å². The zero-order chi connectivity index (χ0) is 22.5. The Morgan fingerprint density at radius 2 is 1.81 bits per heavy atom. The van der Waals surface area contributed by atoms with Gasteiger partial charge in [0.1, 0.15) is 0 Å². The number of aromatic amines is 1.